The number of benzene rings is 1. The van der Waals surface area contributed by atoms with Crippen LogP contribution in [0.3, 0.4) is 0 Å². The van der Waals surface area contributed by atoms with Crippen LogP contribution in [0.5, 0.6) is 0 Å². The minimum absolute atomic E-state index is 0.0476. The van der Waals surface area contributed by atoms with Gasteiger partial charge in [-0.3, -0.25) is 14.4 Å². The van der Waals surface area contributed by atoms with Crippen molar-refractivity contribution in [1.29, 1.82) is 0 Å². The van der Waals surface area contributed by atoms with Crippen LogP contribution in [-0.2, 0) is 25.7 Å². The first kappa shape index (κ1) is 31.5. The molecule has 6 rings (SSSR count). The largest absolute Gasteiger partial charge is 0.462 e. The Labute approximate surface area is 265 Å². The van der Waals surface area contributed by atoms with Gasteiger partial charge in [0, 0.05) is 30.2 Å². The predicted octanol–water partition coefficient (Wildman–Crippen LogP) is 8.22. The fraction of sp³-hybridized carbons (Fsp3) is 0.718. The number of ether oxygens (including phenoxy) is 1. The van der Waals surface area contributed by atoms with Crippen LogP contribution >= 0.6 is 0 Å². The Morgan fingerprint density at radius 1 is 0.886 bits per heavy atom. The molecule has 1 aromatic rings. The molecular weight excluding hydrogens is 546 g/mol. The molecule has 0 spiro atoms. The van der Waals surface area contributed by atoms with Crippen molar-refractivity contribution in [2.75, 3.05) is 0 Å². The molecule has 240 valence electrons. The average molecular weight is 602 g/mol. The molecule has 44 heavy (non-hydrogen) atoms. The third-order valence-electron chi connectivity index (χ3n) is 14.7. The molecule has 0 aliphatic heterocycles. The summed E-state index contributed by atoms with van der Waals surface area (Å²) in [4.78, 5) is 40.4. The maximum Gasteiger partial charge on any atom is 0.302 e. The zero-order valence-electron chi connectivity index (χ0n) is 28.5. The van der Waals surface area contributed by atoms with E-state index in [9.17, 15) is 14.4 Å². The zero-order valence-corrected chi connectivity index (χ0v) is 28.5. The zero-order chi connectivity index (χ0) is 31.9. The van der Waals surface area contributed by atoms with Crippen molar-refractivity contribution in [3.8, 4) is 0 Å². The number of nitrogens with one attached hydrogen (secondary N) is 1. The molecule has 0 bridgehead atoms. The van der Waals surface area contributed by atoms with Gasteiger partial charge in [0.25, 0.3) is 0 Å². The van der Waals surface area contributed by atoms with Gasteiger partial charge in [0.1, 0.15) is 6.10 Å². The first-order chi connectivity index (χ1) is 20.5. The lowest BCUT2D eigenvalue weighted by atomic mass is 9.33. The van der Waals surface area contributed by atoms with Gasteiger partial charge in [-0.05, 0) is 103 Å². The van der Waals surface area contributed by atoms with Gasteiger partial charge in [0.15, 0.2) is 5.78 Å². The minimum atomic E-state index is -0.457. The Morgan fingerprint density at radius 2 is 1.57 bits per heavy atom. The molecule has 4 saturated carbocycles. The van der Waals surface area contributed by atoms with E-state index < -0.39 is 5.41 Å². The third-order valence-corrected chi connectivity index (χ3v) is 14.7. The average Bonchev–Trinajstić information content (AvgIpc) is 2.95. The van der Waals surface area contributed by atoms with Crippen molar-refractivity contribution in [3.05, 3.63) is 47.5 Å². The number of allylic oxidation sites excluding steroid dienone is 2. The highest BCUT2D eigenvalue weighted by Crippen LogP contribution is 2.75. The third kappa shape index (κ3) is 4.48. The second-order valence-electron chi connectivity index (χ2n) is 17.4. The molecular formula is C39H55NO4. The van der Waals surface area contributed by atoms with E-state index in [1.165, 1.54) is 12.5 Å². The standard InChI is InChI=1S/C39H55NO4/c1-25(41)44-31-15-16-37(6)30(34(31,2)3)14-17-39(8)32(37)29(42)22-27-28-23-36(5,19-18-35(28,4)20-21-38(27,39)7)33(43)40-24-26-12-10-9-11-13-26/h9-13,22,28,30-32H,14-21,23-24H2,1-8H3,(H,40,43)/t28-,30-,31-,32?,35+,36-,37-,38+,39+/m0/s1. The van der Waals surface area contributed by atoms with Gasteiger partial charge in [0.05, 0.1) is 0 Å². The van der Waals surface area contributed by atoms with E-state index in [-0.39, 0.29) is 56.9 Å². The molecule has 4 fully saturated rings. The molecule has 1 amide bonds. The summed E-state index contributed by atoms with van der Waals surface area (Å²) in [5.74, 6) is 0.731. The van der Waals surface area contributed by atoms with Crippen LogP contribution in [0.2, 0.25) is 0 Å². The summed E-state index contributed by atoms with van der Waals surface area (Å²) in [5.41, 5.74) is 1.55. The van der Waals surface area contributed by atoms with Crippen molar-refractivity contribution in [2.45, 2.75) is 126 Å². The molecule has 1 unspecified atom stereocenters. The highest BCUT2D eigenvalue weighted by atomic mass is 16.5. The number of hydrogen-bond donors (Lipinski definition) is 1. The van der Waals surface area contributed by atoms with E-state index >= 15 is 0 Å². The van der Waals surface area contributed by atoms with Gasteiger partial charge in [-0.25, -0.2) is 0 Å². The molecule has 5 aliphatic rings. The quantitative estimate of drug-likeness (QED) is 0.353. The van der Waals surface area contributed by atoms with Crippen molar-refractivity contribution in [3.63, 3.8) is 0 Å². The SMILES string of the molecule is CC(=O)O[C@H]1CC[C@]2(C)C3C(=O)C=C4[C@@H]5C[C@@](C)(C(=O)NCc6ccccc6)CC[C@]5(C)CC[C@@]4(C)[C@]3(C)CC[C@H]2C1(C)C. The van der Waals surface area contributed by atoms with Crippen LogP contribution < -0.4 is 5.32 Å². The van der Waals surface area contributed by atoms with Crippen molar-refractivity contribution >= 4 is 17.7 Å². The summed E-state index contributed by atoms with van der Waals surface area (Å²) in [7, 11) is 0. The Balaban J connectivity index is 1.32. The number of esters is 1. The number of carbonyl (C=O) groups excluding carboxylic acids is 3. The van der Waals surface area contributed by atoms with Crippen LogP contribution in [0.25, 0.3) is 0 Å². The first-order valence-corrected chi connectivity index (χ1v) is 17.3. The van der Waals surface area contributed by atoms with Gasteiger partial charge < -0.3 is 10.1 Å². The molecule has 0 aromatic heterocycles. The predicted molar refractivity (Wildman–Crippen MR) is 173 cm³/mol. The fourth-order valence-corrected chi connectivity index (χ4v) is 11.8. The molecule has 0 saturated heterocycles. The van der Waals surface area contributed by atoms with Crippen LogP contribution in [0.15, 0.2) is 42.0 Å². The lowest BCUT2D eigenvalue weighted by molar-refractivity contribution is -0.210. The molecule has 9 atom stereocenters. The Kier molecular flexibility index (Phi) is 7.38. The van der Waals surface area contributed by atoms with Crippen LogP contribution in [0.1, 0.15) is 119 Å². The lowest BCUT2D eigenvalue weighted by Gasteiger charge is -2.70. The molecule has 1 N–H and O–H groups in total. The summed E-state index contributed by atoms with van der Waals surface area (Å²) < 4.78 is 5.88. The number of fused-ring (bicyclic) bond motifs is 7. The van der Waals surface area contributed by atoms with E-state index in [1.807, 2.05) is 18.2 Å². The minimum Gasteiger partial charge on any atom is -0.462 e. The van der Waals surface area contributed by atoms with Gasteiger partial charge in [-0.2, -0.15) is 0 Å². The smallest absolute Gasteiger partial charge is 0.302 e. The number of ketones is 1. The monoisotopic (exact) mass is 601 g/mol. The topological polar surface area (TPSA) is 72.5 Å². The number of carbonyl (C=O) groups is 3. The number of hydrogen-bond acceptors (Lipinski definition) is 4. The van der Waals surface area contributed by atoms with Gasteiger partial charge in [0.2, 0.25) is 5.91 Å². The molecule has 0 radical (unpaired) electrons. The van der Waals surface area contributed by atoms with E-state index in [0.29, 0.717) is 18.2 Å². The number of amides is 1. The Bertz CT molecular complexity index is 1380. The molecule has 0 heterocycles. The van der Waals surface area contributed by atoms with Gasteiger partial charge in [-0.15, -0.1) is 0 Å². The van der Waals surface area contributed by atoms with Crippen molar-refractivity contribution < 1.29 is 19.1 Å². The molecule has 1 aromatic carbocycles. The lowest BCUT2D eigenvalue weighted by Crippen LogP contribution is -2.66. The number of rotatable bonds is 4. The van der Waals surface area contributed by atoms with E-state index in [4.69, 9.17) is 4.74 Å². The highest BCUT2D eigenvalue weighted by molar-refractivity contribution is 5.95. The molecule has 5 heteroatoms. The van der Waals surface area contributed by atoms with Crippen LogP contribution in [0, 0.1) is 50.2 Å². The fourth-order valence-electron chi connectivity index (χ4n) is 11.8. The van der Waals surface area contributed by atoms with E-state index in [0.717, 1.165) is 63.4 Å². The molecule has 5 aliphatic carbocycles. The maximum absolute atomic E-state index is 14.7. The summed E-state index contributed by atoms with van der Waals surface area (Å²) >= 11 is 0. The summed E-state index contributed by atoms with van der Waals surface area (Å²) in [6.45, 7) is 18.5. The van der Waals surface area contributed by atoms with E-state index in [1.54, 1.807) is 0 Å². The summed E-state index contributed by atoms with van der Waals surface area (Å²) in [6, 6.07) is 10.1. The summed E-state index contributed by atoms with van der Waals surface area (Å²) in [5, 5.41) is 3.26. The first-order valence-electron chi connectivity index (χ1n) is 17.3. The second kappa shape index (κ2) is 10.3. The maximum atomic E-state index is 14.7. The Hall–Kier alpha value is -2.43. The second-order valence-corrected chi connectivity index (χ2v) is 17.4. The van der Waals surface area contributed by atoms with Crippen LogP contribution in [0.4, 0.5) is 0 Å². The van der Waals surface area contributed by atoms with Crippen molar-refractivity contribution in [1.82, 2.24) is 5.32 Å². The normalized spacial score (nSPS) is 44.2. The summed E-state index contributed by atoms with van der Waals surface area (Å²) in [6.07, 6.45) is 10.7. The highest BCUT2D eigenvalue weighted by Gasteiger charge is 2.70. The van der Waals surface area contributed by atoms with E-state index in [2.05, 4.69) is 72.0 Å². The van der Waals surface area contributed by atoms with Gasteiger partial charge >= 0.3 is 5.97 Å². The van der Waals surface area contributed by atoms with Gasteiger partial charge in [-0.1, -0.05) is 84.4 Å². The van der Waals surface area contributed by atoms with Crippen LogP contribution in [-0.4, -0.2) is 23.8 Å². The Morgan fingerprint density at radius 3 is 2.25 bits per heavy atom. The molecule has 5 nitrogen and oxygen atoms in total. The van der Waals surface area contributed by atoms with Crippen molar-refractivity contribution in [2.24, 2.45) is 50.2 Å².